The summed E-state index contributed by atoms with van der Waals surface area (Å²) >= 11 is 0. The molecule has 0 bridgehead atoms. The van der Waals surface area contributed by atoms with E-state index in [9.17, 15) is 0 Å². The van der Waals surface area contributed by atoms with Crippen LogP contribution in [0.2, 0.25) is 0 Å². The largest absolute Gasteiger partial charge is 0.495 e. The highest BCUT2D eigenvalue weighted by Crippen LogP contribution is 2.28. The number of rotatable bonds is 4. The summed E-state index contributed by atoms with van der Waals surface area (Å²) < 4.78 is 5.30. The van der Waals surface area contributed by atoms with E-state index in [1.54, 1.807) is 7.11 Å². The number of hydrogen-bond acceptors (Lipinski definition) is 4. The van der Waals surface area contributed by atoms with Gasteiger partial charge in [-0.25, -0.2) is 0 Å². The zero-order chi connectivity index (χ0) is 12.8. The lowest BCUT2D eigenvalue weighted by Crippen LogP contribution is -2.33. The van der Waals surface area contributed by atoms with Crippen molar-refractivity contribution in [2.24, 2.45) is 5.92 Å². The SMILES string of the molecule is COc1cccc(C#N)c1NCC1CCCNC1. The second-order valence-corrected chi connectivity index (χ2v) is 4.59. The summed E-state index contributed by atoms with van der Waals surface area (Å²) in [6.07, 6.45) is 2.46. The zero-order valence-corrected chi connectivity index (χ0v) is 10.7. The Morgan fingerprint density at radius 1 is 1.56 bits per heavy atom. The van der Waals surface area contributed by atoms with Gasteiger partial charge in [-0.2, -0.15) is 5.26 Å². The van der Waals surface area contributed by atoms with Gasteiger partial charge < -0.3 is 15.4 Å². The van der Waals surface area contributed by atoms with Crippen LogP contribution in [-0.4, -0.2) is 26.7 Å². The fourth-order valence-electron chi connectivity index (χ4n) is 2.32. The van der Waals surface area contributed by atoms with Crippen molar-refractivity contribution in [3.63, 3.8) is 0 Å². The molecule has 1 aromatic rings. The third-order valence-corrected chi connectivity index (χ3v) is 3.33. The highest BCUT2D eigenvalue weighted by atomic mass is 16.5. The third kappa shape index (κ3) is 2.93. The van der Waals surface area contributed by atoms with E-state index in [4.69, 9.17) is 10.00 Å². The minimum Gasteiger partial charge on any atom is -0.495 e. The Kier molecular flexibility index (Phi) is 4.43. The number of nitrogens with one attached hydrogen (secondary N) is 2. The van der Waals surface area contributed by atoms with Gasteiger partial charge in [-0.1, -0.05) is 6.07 Å². The fourth-order valence-corrected chi connectivity index (χ4v) is 2.32. The monoisotopic (exact) mass is 245 g/mol. The number of anilines is 1. The molecule has 4 heteroatoms. The molecule has 0 saturated carbocycles. The highest BCUT2D eigenvalue weighted by Gasteiger charge is 2.14. The predicted molar refractivity (Wildman–Crippen MR) is 71.8 cm³/mol. The first-order valence-electron chi connectivity index (χ1n) is 6.37. The molecule has 1 aliphatic heterocycles. The van der Waals surface area contributed by atoms with E-state index in [1.165, 1.54) is 12.8 Å². The van der Waals surface area contributed by atoms with Crippen molar-refractivity contribution >= 4 is 5.69 Å². The molecule has 96 valence electrons. The fraction of sp³-hybridized carbons (Fsp3) is 0.500. The molecule has 1 unspecified atom stereocenters. The Bertz CT molecular complexity index is 433. The van der Waals surface area contributed by atoms with Gasteiger partial charge in [-0.05, 0) is 44.0 Å². The molecular weight excluding hydrogens is 226 g/mol. The summed E-state index contributed by atoms with van der Waals surface area (Å²) in [5.41, 5.74) is 1.45. The standard InChI is InChI=1S/C14H19N3O/c1-18-13-6-2-5-12(8-15)14(13)17-10-11-4-3-7-16-9-11/h2,5-6,11,16-17H,3-4,7,9-10H2,1H3. The molecule has 4 nitrogen and oxygen atoms in total. The molecule has 1 atom stereocenters. The van der Waals surface area contributed by atoms with Crippen molar-refractivity contribution in [1.29, 1.82) is 5.26 Å². The van der Waals surface area contributed by atoms with Gasteiger partial charge in [0.25, 0.3) is 0 Å². The van der Waals surface area contributed by atoms with Gasteiger partial charge in [0.2, 0.25) is 0 Å². The third-order valence-electron chi connectivity index (χ3n) is 3.33. The molecule has 0 radical (unpaired) electrons. The number of hydrogen-bond donors (Lipinski definition) is 2. The van der Waals surface area contributed by atoms with Crippen LogP contribution >= 0.6 is 0 Å². The van der Waals surface area contributed by atoms with E-state index in [-0.39, 0.29) is 0 Å². The molecule has 0 amide bonds. The Hall–Kier alpha value is -1.73. The molecule has 18 heavy (non-hydrogen) atoms. The first-order valence-corrected chi connectivity index (χ1v) is 6.37. The average Bonchev–Trinajstić information content (AvgIpc) is 2.45. The van der Waals surface area contributed by atoms with Crippen LogP contribution in [0.15, 0.2) is 18.2 Å². The van der Waals surface area contributed by atoms with E-state index in [2.05, 4.69) is 16.7 Å². The maximum Gasteiger partial charge on any atom is 0.143 e. The van der Waals surface area contributed by atoms with E-state index in [1.807, 2.05) is 18.2 Å². The quantitative estimate of drug-likeness (QED) is 0.851. The molecule has 1 aliphatic rings. The number of para-hydroxylation sites is 1. The highest BCUT2D eigenvalue weighted by molar-refractivity contribution is 5.66. The maximum absolute atomic E-state index is 9.12. The van der Waals surface area contributed by atoms with Crippen molar-refractivity contribution in [3.8, 4) is 11.8 Å². The van der Waals surface area contributed by atoms with Crippen LogP contribution in [-0.2, 0) is 0 Å². The van der Waals surface area contributed by atoms with Crippen LogP contribution in [0.5, 0.6) is 5.75 Å². The van der Waals surface area contributed by atoms with Gasteiger partial charge in [-0.3, -0.25) is 0 Å². The Morgan fingerprint density at radius 2 is 2.44 bits per heavy atom. The molecule has 2 N–H and O–H groups in total. The number of ether oxygens (including phenoxy) is 1. The summed E-state index contributed by atoms with van der Waals surface area (Å²) in [5, 5.41) is 15.9. The Balaban J connectivity index is 2.05. The minimum atomic E-state index is 0.621. The molecule has 0 spiro atoms. The average molecular weight is 245 g/mol. The number of benzene rings is 1. The molecule has 2 rings (SSSR count). The number of piperidine rings is 1. The summed E-state index contributed by atoms with van der Waals surface area (Å²) in [4.78, 5) is 0. The summed E-state index contributed by atoms with van der Waals surface area (Å²) in [7, 11) is 1.63. The van der Waals surface area contributed by atoms with E-state index in [0.717, 1.165) is 31.1 Å². The Morgan fingerprint density at radius 3 is 3.11 bits per heavy atom. The lowest BCUT2D eigenvalue weighted by atomic mass is 9.99. The second-order valence-electron chi connectivity index (χ2n) is 4.59. The van der Waals surface area contributed by atoms with E-state index in [0.29, 0.717) is 11.5 Å². The molecular formula is C14H19N3O. The lowest BCUT2D eigenvalue weighted by Gasteiger charge is -2.24. The zero-order valence-electron chi connectivity index (χ0n) is 10.7. The van der Waals surface area contributed by atoms with Gasteiger partial charge in [0, 0.05) is 6.54 Å². The topological polar surface area (TPSA) is 57.1 Å². The van der Waals surface area contributed by atoms with Crippen LogP contribution in [0, 0.1) is 17.2 Å². The van der Waals surface area contributed by atoms with Crippen LogP contribution in [0.1, 0.15) is 18.4 Å². The first kappa shape index (κ1) is 12.7. The minimum absolute atomic E-state index is 0.621. The predicted octanol–water partition coefficient (Wildman–Crippen LogP) is 1.98. The lowest BCUT2D eigenvalue weighted by molar-refractivity contribution is 0.390. The van der Waals surface area contributed by atoms with Crippen molar-refractivity contribution in [3.05, 3.63) is 23.8 Å². The van der Waals surface area contributed by atoms with Crippen molar-refractivity contribution in [2.45, 2.75) is 12.8 Å². The normalized spacial score (nSPS) is 19.0. The van der Waals surface area contributed by atoms with E-state index >= 15 is 0 Å². The number of methoxy groups -OCH3 is 1. The van der Waals surface area contributed by atoms with Crippen LogP contribution in [0.25, 0.3) is 0 Å². The first-order chi connectivity index (χ1) is 8.85. The summed E-state index contributed by atoms with van der Waals surface area (Å²) in [6, 6.07) is 7.72. The molecule has 1 aromatic carbocycles. The van der Waals surface area contributed by atoms with Crippen molar-refractivity contribution < 1.29 is 4.74 Å². The van der Waals surface area contributed by atoms with Gasteiger partial charge in [0.05, 0.1) is 18.4 Å². The van der Waals surface area contributed by atoms with Gasteiger partial charge in [0.1, 0.15) is 11.8 Å². The molecule has 1 fully saturated rings. The molecule has 0 aliphatic carbocycles. The number of nitrogens with zero attached hydrogens (tertiary/aromatic N) is 1. The van der Waals surface area contributed by atoms with Gasteiger partial charge in [-0.15, -0.1) is 0 Å². The maximum atomic E-state index is 9.12. The smallest absolute Gasteiger partial charge is 0.143 e. The summed E-state index contributed by atoms with van der Waals surface area (Å²) in [6.45, 7) is 3.04. The number of nitriles is 1. The van der Waals surface area contributed by atoms with Crippen molar-refractivity contribution in [2.75, 3.05) is 32.1 Å². The molecule has 0 aromatic heterocycles. The van der Waals surface area contributed by atoms with Crippen LogP contribution in [0.4, 0.5) is 5.69 Å². The Labute approximate surface area is 108 Å². The molecule has 1 saturated heterocycles. The van der Waals surface area contributed by atoms with Crippen molar-refractivity contribution in [1.82, 2.24) is 5.32 Å². The second kappa shape index (κ2) is 6.27. The van der Waals surface area contributed by atoms with E-state index < -0.39 is 0 Å². The van der Waals surface area contributed by atoms with Gasteiger partial charge >= 0.3 is 0 Å². The molecule has 1 heterocycles. The van der Waals surface area contributed by atoms with Gasteiger partial charge in [0.15, 0.2) is 0 Å². The summed E-state index contributed by atoms with van der Waals surface area (Å²) in [5.74, 6) is 1.35. The van der Waals surface area contributed by atoms with Crippen LogP contribution in [0.3, 0.4) is 0 Å². The van der Waals surface area contributed by atoms with Crippen LogP contribution < -0.4 is 15.4 Å².